The molecule has 0 N–H and O–H groups in total. The molecule has 0 saturated carbocycles. The van der Waals surface area contributed by atoms with Crippen molar-refractivity contribution < 1.29 is 16.5 Å². The van der Waals surface area contributed by atoms with Crippen LogP contribution in [0, 0.1) is 0 Å². The minimum atomic E-state index is 0. The minimum absolute atomic E-state index is 0. The van der Waals surface area contributed by atoms with E-state index in [-0.39, 0.29) is 16.5 Å². The van der Waals surface area contributed by atoms with Gasteiger partial charge in [-0.15, -0.1) is 0 Å². The number of nitrogens with zero attached hydrogens (tertiary/aromatic N) is 2. The molecular weight excluding hydrogens is 471 g/mol. The molecule has 0 amide bonds. The molecule has 0 spiro atoms. The molecule has 2 rings (SSSR count). The number of hydrogen-bond donors (Lipinski definition) is 0. The third kappa shape index (κ3) is 12.7. The second-order valence-electron chi connectivity index (χ2n) is 9.58. The fraction of sp³-hybridized carbons (Fsp3) is 0.562. The van der Waals surface area contributed by atoms with E-state index in [1.807, 2.05) is 0 Å². The summed E-state index contributed by atoms with van der Waals surface area (Å²) in [5, 5.41) is 0. The summed E-state index contributed by atoms with van der Waals surface area (Å²) in [5.74, 6) is 0. The van der Waals surface area contributed by atoms with Gasteiger partial charge in [0.15, 0.2) is 0 Å². The Morgan fingerprint density at radius 2 is 1.06 bits per heavy atom. The summed E-state index contributed by atoms with van der Waals surface area (Å²) in [5.41, 5.74) is 7.42. The Kier molecular flexibility index (Phi) is 17.4. The van der Waals surface area contributed by atoms with Gasteiger partial charge >= 0.3 is 0 Å². The van der Waals surface area contributed by atoms with Gasteiger partial charge in [-0.3, -0.25) is 9.98 Å². The Hall–Kier alpha value is -1.73. The van der Waals surface area contributed by atoms with Gasteiger partial charge in [-0.2, -0.15) is 0 Å². The Morgan fingerprint density at radius 1 is 0.543 bits per heavy atom. The molecule has 2 aromatic rings. The number of unbranched alkanes of at least 4 members (excludes halogenated alkanes) is 6. The van der Waals surface area contributed by atoms with Crippen LogP contribution in [0.15, 0.2) is 58.5 Å². The van der Waals surface area contributed by atoms with Crippen molar-refractivity contribution in [3.8, 4) is 0 Å². The van der Waals surface area contributed by atoms with Crippen LogP contribution in [0.4, 0.5) is 11.4 Å². The number of aliphatic imine (C=N–C) groups is 2. The number of rotatable bonds is 17. The summed E-state index contributed by atoms with van der Waals surface area (Å²) in [6.45, 7) is 9.08. The van der Waals surface area contributed by atoms with Crippen LogP contribution >= 0.6 is 0 Å². The number of benzene rings is 2. The smallest absolute Gasteiger partial charge is 0.0639 e. The predicted molar refractivity (Wildman–Crippen MR) is 153 cm³/mol. The number of aryl methyl sites for hydroxylation is 2. The zero-order chi connectivity index (χ0) is 24.4. The maximum atomic E-state index is 5.31. The third-order valence-corrected chi connectivity index (χ3v) is 6.33. The second-order valence-corrected chi connectivity index (χ2v) is 9.58. The van der Waals surface area contributed by atoms with Gasteiger partial charge < -0.3 is 0 Å². The average Bonchev–Trinajstić information content (AvgIpc) is 2.86. The molecule has 3 heteroatoms. The van der Waals surface area contributed by atoms with Crippen LogP contribution in [0.3, 0.4) is 0 Å². The van der Waals surface area contributed by atoms with Gasteiger partial charge in [0.25, 0.3) is 0 Å². The standard InChI is InChI=1S/C32H48N2.Ni/c1-5-9-13-17-23-32(33-29-20-15-14-16-21-29)31(22-12-8-4)34-30-25-27(18-10-6-2)24-28(26-30)19-11-7-3;/h14-16,20-21,24-26H,5-13,17-19,22-23H2,1-4H3;/b33-32+,34-31+;. The van der Waals surface area contributed by atoms with Crippen molar-refractivity contribution in [1.29, 1.82) is 0 Å². The van der Waals surface area contributed by atoms with Crippen LogP contribution in [0.25, 0.3) is 0 Å². The second kappa shape index (κ2) is 19.5. The van der Waals surface area contributed by atoms with Gasteiger partial charge in [-0.1, -0.05) is 90.5 Å². The molecule has 0 saturated heterocycles. The van der Waals surface area contributed by atoms with E-state index in [1.54, 1.807) is 0 Å². The minimum Gasteiger partial charge on any atom is -0.252 e. The van der Waals surface area contributed by atoms with Crippen molar-refractivity contribution in [2.24, 2.45) is 9.98 Å². The van der Waals surface area contributed by atoms with Crippen LogP contribution < -0.4 is 0 Å². The molecule has 0 aromatic heterocycles. The Morgan fingerprint density at radius 3 is 1.60 bits per heavy atom. The van der Waals surface area contributed by atoms with Crippen LogP contribution in [0.1, 0.15) is 116 Å². The first kappa shape index (κ1) is 31.3. The molecule has 0 bridgehead atoms. The Labute approximate surface area is 226 Å². The van der Waals surface area contributed by atoms with Crippen molar-refractivity contribution in [1.82, 2.24) is 0 Å². The molecule has 0 aliphatic rings. The number of hydrogen-bond acceptors (Lipinski definition) is 2. The SMILES string of the molecule is CCCCCCC(=N\c1ccccc1)/C(CCCC)=N/c1cc(CCCC)cc(CCCC)c1.[Ni]. The van der Waals surface area contributed by atoms with E-state index >= 15 is 0 Å². The van der Waals surface area contributed by atoms with Gasteiger partial charge in [0.1, 0.15) is 0 Å². The first-order chi connectivity index (χ1) is 16.7. The van der Waals surface area contributed by atoms with E-state index < -0.39 is 0 Å². The van der Waals surface area contributed by atoms with E-state index in [0.29, 0.717) is 0 Å². The van der Waals surface area contributed by atoms with Gasteiger partial charge in [0.2, 0.25) is 0 Å². The first-order valence-electron chi connectivity index (χ1n) is 14.0. The van der Waals surface area contributed by atoms with Gasteiger partial charge in [0, 0.05) is 16.5 Å². The molecule has 0 aliphatic heterocycles. The van der Waals surface area contributed by atoms with Gasteiger partial charge in [-0.25, -0.2) is 0 Å². The molecule has 35 heavy (non-hydrogen) atoms. The van der Waals surface area contributed by atoms with Crippen LogP contribution in [-0.4, -0.2) is 11.4 Å². The molecule has 0 atom stereocenters. The van der Waals surface area contributed by atoms with Crippen LogP contribution in [0.2, 0.25) is 0 Å². The maximum Gasteiger partial charge on any atom is 0.0639 e. The molecule has 0 heterocycles. The molecular formula is C32H48N2Ni. The fourth-order valence-corrected chi connectivity index (χ4v) is 4.27. The summed E-state index contributed by atoms with van der Waals surface area (Å²) in [6.07, 6.45) is 16.5. The first-order valence-corrected chi connectivity index (χ1v) is 14.0. The van der Waals surface area contributed by atoms with Crippen LogP contribution in [-0.2, 0) is 29.3 Å². The fourth-order valence-electron chi connectivity index (χ4n) is 4.27. The predicted octanol–water partition coefficient (Wildman–Crippen LogP) is 10.4. The summed E-state index contributed by atoms with van der Waals surface area (Å²) in [7, 11) is 0. The van der Waals surface area contributed by atoms with E-state index in [2.05, 4.69) is 76.2 Å². The van der Waals surface area contributed by atoms with Crippen molar-refractivity contribution in [2.45, 2.75) is 118 Å². The molecule has 0 fully saturated rings. The van der Waals surface area contributed by atoms with Crippen LogP contribution in [0.5, 0.6) is 0 Å². The van der Waals surface area contributed by atoms with E-state index in [0.717, 1.165) is 43.5 Å². The summed E-state index contributed by atoms with van der Waals surface area (Å²) < 4.78 is 0. The van der Waals surface area contributed by atoms with E-state index in [9.17, 15) is 0 Å². The largest absolute Gasteiger partial charge is 0.252 e. The maximum absolute atomic E-state index is 5.31. The monoisotopic (exact) mass is 518 g/mol. The Balaban J connectivity index is 0.00000612. The van der Waals surface area contributed by atoms with Crippen molar-refractivity contribution in [3.05, 3.63) is 59.7 Å². The molecule has 196 valence electrons. The third-order valence-electron chi connectivity index (χ3n) is 6.33. The van der Waals surface area contributed by atoms with E-state index in [4.69, 9.17) is 9.98 Å². The molecule has 2 nitrogen and oxygen atoms in total. The van der Waals surface area contributed by atoms with Crippen molar-refractivity contribution >= 4 is 22.8 Å². The molecule has 2 aromatic carbocycles. The zero-order valence-corrected chi connectivity index (χ0v) is 23.7. The van der Waals surface area contributed by atoms with E-state index in [1.165, 1.54) is 80.3 Å². The topological polar surface area (TPSA) is 24.7 Å². The molecule has 0 unspecified atom stereocenters. The van der Waals surface area contributed by atoms with Gasteiger partial charge in [0.05, 0.1) is 22.8 Å². The van der Waals surface area contributed by atoms with Gasteiger partial charge in [-0.05, 0) is 86.8 Å². The Bertz CT molecular complexity index is 844. The normalized spacial score (nSPS) is 12.0. The quantitative estimate of drug-likeness (QED) is 0.113. The summed E-state index contributed by atoms with van der Waals surface area (Å²) in [6, 6.07) is 17.5. The zero-order valence-electron chi connectivity index (χ0n) is 22.7. The summed E-state index contributed by atoms with van der Waals surface area (Å²) >= 11 is 0. The molecule has 0 radical (unpaired) electrons. The van der Waals surface area contributed by atoms with Crippen molar-refractivity contribution in [3.63, 3.8) is 0 Å². The summed E-state index contributed by atoms with van der Waals surface area (Å²) in [4.78, 5) is 10.5. The average molecular weight is 519 g/mol. The number of para-hydroxylation sites is 1. The van der Waals surface area contributed by atoms with Crippen molar-refractivity contribution in [2.75, 3.05) is 0 Å². The molecule has 0 aliphatic carbocycles.